The molecule has 1 amide bonds. The van der Waals surface area contributed by atoms with E-state index in [-0.39, 0.29) is 25.0 Å². The summed E-state index contributed by atoms with van der Waals surface area (Å²) in [5.74, 6) is 1.16. The zero-order chi connectivity index (χ0) is 18.9. The van der Waals surface area contributed by atoms with Gasteiger partial charge in [0.15, 0.2) is 6.61 Å². The van der Waals surface area contributed by atoms with E-state index in [0.29, 0.717) is 18.4 Å². The van der Waals surface area contributed by atoms with Crippen LogP contribution >= 0.6 is 0 Å². The van der Waals surface area contributed by atoms with Crippen molar-refractivity contribution in [2.75, 3.05) is 25.6 Å². The van der Waals surface area contributed by atoms with Crippen molar-refractivity contribution in [1.29, 1.82) is 0 Å². The number of carbonyl (C=O) groups is 2. The number of para-hydroxylation sites is 2. The SMILES string of the molecule is COc1ccccc1NCCC(=O)OCC(=O)N[C@@H]1CCC[C@H](C)[C@H]1C. The number of hydrogen-bond acceptors (Lipinski definition) is 5. The maximum Gasteiger partial charge on any atom is 0.308 e. The van der Waals surface area contributed by atoms with Crippen LogP contribution in [0.1, 0.15) is 39.5 Å². The van der Waals surface area contributed by atoms with Gasteiger partial charge in [-0.3, -0.25) is 9.59 Å². The number of ether oxygens (including phenoxy) is 2. The summed E-state index contributed by atoms with van der Waals surface area (Å²) in [6, 6.07) is 7.67. The van der Waals surface area contributed by atoms with Gasteiger partial charge >= 0.3 is 5.97 Å². The third kappa shape index (κ3) is 5.93. The molecule has 1 aliphatic carbocycles. The summed E-state index contributed by atoms with van der Waals surface area (Å²) in [5.41, 5.74) is 0.820. The fourth-order valence-electron chi connectivity index (χ4n) is 3.34. The van der Waals surface area contributed by atoms with Crippen molar-refractivity contribution in [1.82, 2.24) is 5.32 Å². The molecular weight excluding hydrogens is 332 g/mol. The van der Waals surface area contributed by atoms with Crippen LogP contribution in [-0.2, 0) is 14.3 Å². The smallest absolute Gasteiger partial charge is 0.308 e. The normalized spacial score (nSPS) is 22.3. The lowest BCUT2D eigenvalue weighted by Gasteiger charge is -2.34. The molecule has 6 nitrogen and oxygen atoms in total. The van der Waals surface area contributed by atoms with Crippen molar-refractivity contribution >= 4 is 17.6 Å². The number of rotatable bonds is 8. The van der Waals surface area contributed by atoms with Crippen LogP contribution in [0.4, 0.5) is 5.69 Å². The minimum absolute atomic E-state index is 0.178. The molecule has 6 heteroatoms. The summed E-state index contributed by atoms with van der Waals surface area (Å²) in [7, 11) is 1.60. The van der Waals surface area contributed by atoms with Crippen LogP contribution in [0.25, 0.3) is 0 Å². The number of anilines is 1. The maximum atomic E-state index is 12.0. The molecule has 0 saturated heterocycles. The van der Waals surface area contributed by atoms with Gasteiger partial charge in [0.25, 0.3) is 5.91 Å². The molecule has 1 aromatic rings. The number of amides is 1. The van der Waals surface area contributed by atoms with E-state index in [4.69, 9.17) is 9.47 Å². The number of carbonyl (C=O) groups excluding carboxylic acids is 2. The predicted molar refractivity (Wildman–Crippen MR) is 101 cm³/mol. The molecule has 2 rings (SSSR count). The fraction of sp³-hybridized carbons (Fsp3) is 0.600. The Morgan fingerprint density at radius 3 is 2.73 bits per heavy atom. The van der Waals surface area contributed by atoms with E-state index in [2.05, 4.69) is 24.5 Å². The Balaban J connectivity index is 1.66. The van der Waals surface area contributed by atoms with Crippen LogP contribution in [0, 0.1) is 11.8 Å². The minimum Gasteiger partial charge on any atom is -0.495 e. The zero-order valence-corrected chi connectivity index (χ0v) is 15.9. The molecule has 0 unspecified atom stereocenters. The first-order valence-corrected chi connectivity index (χ1v) is 9.33. The second-order valence-corrected chi connectivity index (χ2v) is 6.98. The first-order valence-electron chi connectivity index (χ1n) is 9.33. The van der Waals surface area contributed by atoms with Crippen LogP contribution in [0.2, 0.25) is 0 Å². The fourth-order valence-corrected chi connectivity index (χ4v) is 3.34. The third-order valence-electron chi connectivity index (χ3n) is 5.17. The van der Waals surface area contributed by atoms with Crippen LogP contribution in [0.5, 0.6) is 5.75 Å². The first-order chi connectivity index (χ1) is 12.5. The van der Waals surface area contributed by atoms with Crippen LogP contribution in [-0.4, -0.2) is 38.2 Å². The van der Waals surface area contributed by atoms with E-state index >= 15 is 0 Å². The average molecular weight is 362 g/mol. The Morgan fingerprint density at radius 1 is 1.19 bits per heavy atom. The van der Waals surface area contributed by atoms with Gasteiger partial charge in [-0.2, -0.15) is 0 Å². The van der Waals surface area contributed by atoms with E-state index in [1.807, 2.05) is 24.3 Å². The Morgan fingerprint density at radius 2 is 1.96 bits per heavy atom. The number of nitrogens with one attached hydrogen (secondary N) is 2. The Kier molecular flexibility index (Phi) is 7.75. The molecule has 1 saturated carbocycles. The quantitative estimate of drug-likeness (QED) is 0.695. The van der Waals surface area contributed by atoms with Crippen molar-refractivity contribution in [2.45, 2.75) is 45.6 Å². The molecule has 1 aliphatic rings. The summed E-state index contributed by atoms with van der Waals surface area (Å²) in [5, 5.41) is 6.14. The average Bonchev–Trinajstić information content (AvgIpc) is 2.64. The highest BCUT2D eigenvalue weighted by Gasteiger charge is 2.28. The Bertz CT molecular complexity index is 605. The molecule has 0 radical (unpaired) electrons. The standard InChI is InChI=1S/C20H30N2O4/c1-14-7-6-9-16(15(14)2)22-19(23)13-26-20(24)11-12-21-17-8-4-5-10-18(17)25-3/h4-5,8,10,14-16,21H,6-7,9,11-13H2,1-3H3,(H,22,23)/t14-,15+,16+/m0/s1. The molecule has 2 N–H and O–H groups in total. The summed E-state index contributed by atoms with van der Waals surface area (Å²) < 4.78 is 10.3. The van der Waals surface area contributed by atoms with E-state index in [1.165, 1.54) is 6.42 Å². The van der Waals surface area contributed by atoms with Crippen molar-refractivity contribution in [2.24, 2.45) is 11.8 Å². The lowest BCUT2D eigenvalue weighted by atomic mass is 9.78. The molecular formula is C20H30N2O4. The molecule has 0 aromatic heterocycles. The first kappa shape index (κ1) is 20.1. The van der Waals surface area contributed by atoms with Gasteiger partial charge in [0.1, 0.15) is 5.75 Å². The lowest BCUT2D eigenvalue weighted by Crippen LogP contribution is -2.45. The second-order valence-electron chi connectivity index (χ2n) is 6.98. The molecule has 0 aliphatic heterocycles. The third-order valence-corrected chi connectivity index (χ3v) is 5.17. The summed E-state index contributed by atoms with van der Waals surface area (Å²) in [6.07, 6.45) is 3.52. The molecule has 3 atom stereocenters. The number of hydrogen-bond donors (Lipinski definition) is 2. The van der Waals surface area contributed by atoms with Gasteiger partial charge in [0.2, 0.25) is 0 Å². The highest BCUT2D eigenvalue weighted by Crippen LogP contribution is 2.29. The zero-order valence-electron chi connectivity index (χ0n) is 15.9. The van der Waals surface area contributed by atoms with Gasteiger partial charge < -0.3 is 20.1 Å². The Hall–Kier alpha value is -2.24. The van der Waals surface area contributed by atoms with Crippen LogP contribution in [0.3, 0.4) is 0 Å². The monoisotopic (exact) mass is 362 g/mol. The number of benzene rings is 1. The van der Waals surface area contributed by atoms with E-state index in [9.17, 15) is 9.59 Å². The largest absolute Gasteiger partial charge is 0.495 e. The van der Waals surface area contributed by atoms with Crippen molar-refractivity contribution < 1.29 is 19.1 Å². The summed E-state index contributed by atoms with van der Waals surface area (Å²) in [6.45, 7) is 4.59. The van der Waals surface area contributed by atoms with E-state index in [1.54, 1.807) is 7.11 Å². The minimum atomic E-state index is -0.396. The van der Waals surface area contributed by atoms with Crippen LogP contribution in [0.15, 0.2) is 24.3 Å². The Labute approximate surface area is 155 Å². The molecule has 26 heavy (non-hydrogen) atoms. The molecule has 0 spiro atoms. The molecule has 144 valence electrons. The molecule has 1 aromatic carbocycles. The maximum absolute atomic E-state index is 12.0. The van der Waals surface area contributed by atoms with Gasteiger partial charge in [-0.25, -0.2) is 0 Å². The second kappa shape index (κ2) is 10.0. The van der Waals surface area contributed by atoms with Crippen molar-refractivity contribution in [3.8, 4) is 5.75 Å². The topological polar surface area (TPSA) is 76.7 Å². The highest BCUT2D eigenvalue weighted by molar-refractivity contribution is 5.80. The van der Waals surface area contributed by atoms with Crippen LogP contribution < -0.4 is 15.4 Å². The van der Waals surface area contributed by atoms with E-state index < -0.39 is 5.97 Å². The number of esters is 1. The molecule has 0 bridgehead atoms. The molecule has 1 fully saturated rings. The predicted octanol–water partition coefficient (Wildman–Crippen LogP) is 2.98. The van der Waals surface area contributed by atoms with Crippen molar-refractivity contribution in [3.63, 3.8) is 0 Å². The van der Waals surface area contributed by atoms with Crippen molar-refractivity contribution in [3.05, 3.63) is 24.3 Å². The van der Waals surface area contributed by atoms with Gasteiger partial charge in [-0.1, -0.05) is 38.8 Å². The van der Waals surface area contributed by atoms with Gasteiger partial charge in [0, 0.05) is 12.6 Å². The number of methoxy groups -OCH3 is 1. The highest BCUT2D eigenvalue weighted by atomic mass is 16.5. The summed E-state index contributed by atoms with van der Waals surface area (Å²) >= 11 is 0. The van der Waals surface area contributed by atoms with E-state index in [0.717, 1.165) is 24.3 Å². The molecule has 0 heterocycles. The van der Waals surface area contributed by atoms with Gasteiger partial charge in [-0.05, 0) is 30.4 Å². The lowest BCUT2D eigenvalue weighted by molar-refractivity contribution is -0.148. The van der Waals surface area contributed by atoms with Gasteiger partial charge in [0.05, 0.1) is 19.2 Å². The summed E-state index contributed by atoms with van der Waals surface area (Å²) in [4.78, 5) is 23.9. The van der Waals surface area contributed by atoms with Gasteiger partial charge in [-0.15, -0.1) is 0 Å².